The number of aliphatic hydroxyl groups excluding tert-OH is 1. The number of benzene rings is 1. The predicted octanol–water partition coefficient (Wildman–Crippen LogP) is 2.29. The molecule has 0 aromatic heterocycles. The summed E-state index contributed by atoms with van der Waals surface area (Å²) in [5.74, 6) is 1.05. The molecule has 102 valence electrons. The number of amidine groups is 1. The molecule has 0 unspecified atom stereocenters. The highest BCUT2D eigenvalue weighted by Crippen LogP contribution is 2.37. The van der Waals surface area contributed by atoms with Gasteiger partial charge in [-0.2, -0.15) is 0 Å². The minimum absolute atomic E-state index is 0.0331. The topological polar surface area (TPSA) is 53.9 Å². The number of hydrogen-bond donors (Lipinski definition) is 2. The Hall–Kier alpha value is -1.39. The van der Waals surface area contributed by atoms with Crippen molar-refractivity contribution < 1.29 is 9.84 Å². The van der Waals surface area contributed by atoms with Gasteiger partial charge in [-0.3, -0.25) is 4.99 Å². The number of para-hydroxylation sites is 1. The monoisotopic (exact) mass is 252 g/mol. The Morgan fingerprint density at radius 3 is 2.11 bits per heavy atom. The van der Waals surface area contributed by atoms with Crippen LogP contribution in [0.15, 0.2) is 29.3 Å². The number of anilines is 1. The third kappa shape index (κ3) is 3.55. The molecule has 4 heteroatoms. The van der Waals surface area contributed by atoms with Crippen LogP contribution in [-0.4, -0.2) is 39.3 Å². The second-order valence-corrected chi connectivity index (χ2v) is 4.28. The molecule has 2 N–H and O–H groups in total. The highest BCUT2D eigenvalue weighted by Gasteiger charge is 2.35. The number of nitrogens with one attached hydrogen (secondary N) is 1. The van der Waals surface area contributed by atoms with Crippen molar-refractivity contribution in [3.8, 4) is 0 Å². The van der Waals surface area contributed by atoms with Gasteiger partial charge in [0.05, 0.1) is 0 Å². The summed E-state index contributed by atoms with van der Waals surface area (Å²) in [6, 6.07) is 8.36. The first-order valence-corrected chi connectivity index (χ1v) is 5.76. The van der Waals surface area contributed by atoms with Gasteiger partial charge in [0, 0.05) is 39.5 Å². The number of rotatable bonds is 0. The van der Waals surface area contributed by atoms with E-state index in [1.165, 1.54) is 11.3 Å². The molecule has 0 radical (unpaired) electrons. The van der Waals surface area contributed by atoms with Crippen LogP contribution in [0.4, 0.5) is 5.69 Å². The van der Waals surface area contributed by atoms with Crippen LogP contribution in [0.25, 0.3) is 0 Å². The summed E-state index contributed by atoms with van der Waals surface area (Å²) in [6.45, 7) is 4.38. The van der Waals surface area contributed by atoms with Crippen LogP contribution in [-0.2, 0) is 10.2 Å². The average molecular weight is 252 g/mol. The summed E-state index contributed by atoms with van der Waals surface area (Å²) < 4.78 is 4.25. The van der Waals surface area contributed by atoms with Gasteiger partial charge in [-0.15, -0.1) is 0 Å². The molecule has 2 rings (SSSR count). The SMILES string of the molecule is CN=C1Nc2ccccc2C1(C)C.CO.COC. The lowest BCUT2D eigenvalue weighted by molar-refractivity contribution is 0.277. The summed E-state index contributed by atoms with van der Waals surface area (Å²) in [5.41, 5.74) is 2.55. The number of hydrogen-bond acceptors (Lipinski definition) is 3. The van der Waals surface area contributed by atoms with Gasteiger partial charge < -0.3 is 15.2 Å². The van der Waals surface area contributed by atoms with E-state index in [1.807, 2.05) is 13.1 Å². The number of methoxy groups -OCH3 is 1. The Morgan fingerprint density at radius 1 is 1.17 bits per heavy atom. The van der Waals surface area contributed by atoms with Crippen molar-refractivity contribution >= 4 is 11.5 Å². The van der Waals surface area contributed by atoms with Crippen molar-refractivity contribution in [1.29, 1.82) is 0 Å². The van der Waals surface area contributed by atoms with E-state index in [0.29, 0.717) is 0 Å². The molecule has 1 aliphatic rings. The van der Waals surface area contributed by atoms with E-state index in [4.69, 9.17) is 5.11 Å². The van der Waals surface area contributed by atoms with Crippen LogP contribution in [0.1, 0.15) is 19.4 Å². The molecule has 18 heavy (non-hydrogen) atoms. The molecule has 1 aromatic carbocycles. The first-order chi connectivity index (χ1) is 8.57. The molecular weight excluding hydrogens is 228 g/mol. The number of nitrogens with zero attached hydrogens (tertiary/aromatic N) is 1. The highest BCUT2D eigenvalue weighted by atomic mass is 16.4. The van der Waals surface area contributed by atoms with Gasteiger partial charge in [-0.25, -0.2) is 0 Å². The zero-order valence-corrected chi connectivity index (χ0v) is 12.1. The van der Waals surface area contributed by atoms with Crippen molar-refractivity contribution in [3.63, 3.8) is 0 Å². The van der Waals surface area contributed by atoms with Gasteiger partial charge in [-0.1, -0.05) is 18.2 Å². The fourth-order valence-electron chi connectivity index (χ4n) is 1.88. The minimum atomic E-state index is 0.0331. The van der Waals surface area contributed by atoms with Gasteiger partial charge in [0.2, 0.25) is 0 Å². The Bertz CT molecular complexity index is 387. The summed E-state index contributed by atoms with van der Waals surface area (Å²) >= 11 is 0. The summed E-state index contributed by atoms with van der Waals surface area (Å²) in [5, 5.41) is 10.3. The van der Waals surface area contributed by atoms with Crippen molar-refractivity contribution in [2.75, 3.05) is 33.7 Å². The maximum absolute atomic E-state index is 7.00. The molecule has 0 saturated carbocycles. The molecule has 0 aliphatic carbocycles. The molecular formula is C14H24N2O2. The number of aliphatic imine (C=N–C) groups is 1. The lowest BCUT2D eigenvalue weighted by Gasteiger charge is -2.18. The molecule has 4 nitrogen and oxygen atoms in total. The van der Waals surface area contributed by atoms with Crippen LogP contribution in [0, 0.1) is 0 Å². The standard InChI is InChI=1S/C11H14N2.C2H6O.CH4O/c1-11(2)8-6-4-5-7-9(8)13-10(11)12-3;1-3-2;1-2/h4-7H,1-3H3,(H,12,13);1-2H3;2H,1H3. The van der Waals surface area contributed by atoms with Crippen molar-refractivity contribution in [2.24, 2.45) is 4.99 Å². The summed E-state index contributed by atoms with van der Waals surface area (Å²) in [4.78, 5) is 4.26. The fourth-order valence-corrected chi connectivity index (χ4v) is 1.88. The van der Waals surface area contributed by atoms with E-state index in [1.54, 1.807) is 14.2 Å². The Balaban J connectivity index is 0.000000509. The molecule has 1 aromatic rings. The first kappa shape index (κ1) is 16.6. The molecule has 0 atom stereocenters. The van der Waals surface area contributed by atoms with Gasteiger partial charge in [0.15, 0.2) is 0 Å². The van der Waals surface area contributed by atoms with Gasteiger partial charge in [0.25, 0.3) is 0 Å². The van der Waals surface area contributed by atoms with E-state index in [2.05, 4.69) is 47.1 Å². The third-order valence-corrected chi connectivity index (χ3v) is 2.67. The van der Waals surface area contributed by atoms with Crippen LogP contribution in [0.3, 0.4) is 0 Å². The van der Waals surface area contributed by atoms with E-state index >= 15 is 0 Å². The zero-order valence-electron chi connectivity index (χ0n) is 12.1. The summed E-state index contributed by atoms with van der Waals surface area (Å²) in [6.07, 6.45) is 0. The number of ether oxygens (including phenoxy) is 1. The minimum Gasteiger partial charge on any atom is -0.400 e. The van der Waals surface area contributed by atoms with Gasteiger partial charge in [0.1, 0.15) is 5.84 Å². The maximum Gasteiger partial charge on any atom is 0.111 e. The predicted molar refractivity (Wildman–Crippen MR) is 77.5 cm³/mol. The molecule has 0 saturated heterocycles. The van der Waals surface area contributed by atoms with Crippen LogP contribution in [0.2, 0.25) is 0 Å². The molecule has 1 aliphatic heterocycles. The largest absolute Gasteiger partial charge is 0.400 e. The maximum atomic E-state index is 7.00. The molecule has 0 bridgehead atoms. The van der Waals surface area contributed by atoms with E-state index < -0.39 is 0 Å². The molecule has 0 amide bonds. The zero-order chi connectivity index (χ0) is 14.2. The molecule has 1 heterocycles. The van der Waals surface area contributed by atoms with E-state index in [9.17, 15) is 0 Å². The molecule has 0 spiro atoms. The Morgan fingerprint density at radius 2 is 1.67 bits per heavy atom. The average Bonchev–Trinajstić information content (AvgIpc) is 2.65. The van der Waals surface area contributed by atoms with Crippen molar-refractivity contribution in [3.05, 3.63) is 29.8 Å². The smallest absolute Gasteiger partial charge is 0.111 e. The van der Waals surface area contributed by atoms with Gasteiger partial charge in [-0.05, 0) is 25.5 Å². The Kier molecular flexibility index (Phi) is 7.24. The quantitative estimate of drug-likeness (QED) is 0.745. The number of aliphatic hydroxyl groups is 1. The Labute approximate surface area is 110 Å². The first-order valence-electron chi connectivity index (χ1n) is 5.76. The number of fused-ring (bicyclic) bond motifs is 1. The van der Waals surface area contributed by atoms with Gasteiger partial charge >= 0.3 is 0 Å². The van der Waals surface area contributed by atoms with Crippen LogP contribution < -0.4 is 5.32 Å². The van der Waals surface area contributed by atoms with Crippen molar-refractivity contribution in [2.45, 2.75) is 19.3 Å². The fraction of sp³-hybridized carbons (Fsp3) is 0.500. The summed E-state index contributed by atoms with van der Waals surface area (Å²) in [7, 11) is 6.08. The second kappa shape index (κ2) is 7.84. The van der Waals surface area contributed by atoms with E-state index in [0.717, 1.165) is 12.9 Å². The second-order valence-electron chi connectivity index (χ2n) is 4.28. The van der Waals surface area contributed by atoms with Crippen LogP contribution >= 0.6 is 0 Å². The van der Waals surface area contributed by atoms with Crippen LogP contribution in [0.5, 0.6) is 0 Å². The van der Waals surface area contributed by atoms with Crippen molar-refractivity contribution in [1.82, 2.24) is 0 Å². The lowest BCUT2D eigenvalue weighted by atomic mass is 9.86. The normalized spacial score (nSPS) is 16.7. The van der Waals surface area contributed by atoms with E-state index in [-0.39, 0.29) is 5.41 Å². The molecule has 0 fully saturated rings. The highest BCUT2D eigenvalue weighted by molar-refractivity contribution is 6.09. The third-order valence-electron chi connectivity index (χ3n) is 2.67. The lowest BCUT2D eigenvalue weighted by Crippen LogP contribution is -2.27.